The molecular formula is C11H19N3. The fraction of sp³-hybridized carbons (Fsp3) is 0.727. The van der Waals surface area contributed by atoms with Gasteiger partial charge in [0.05, 0.1) is 5.54 Å². The first kappa shape index (κ1) is 9.71. The monoisotopic (exact) mass is 193 g/mol. The SMILES string of the molecule is CC1(C)CCC(N)(c2ncc[nH]2)CC1. The summed E-state index contributed by atoms with van der Waals surface area (Å²) in [6, 6.07) is 0. The van der Waals surface area contributed by atoms with Crippen LogP contribution in [0.5, 0.6) is 0 Å². The number of aromatic amines is 1. The van der Waals surface area contributed by atoms with Crippen LogP contribution in [0.25, 0.3) is 0 Å². The molecule has 2 rings (SSSR count). The van der Waals surface area contributed by atoms with E-state index in [4.69, 9.17) is 5.73 Å². The van der Waals surface area contributed by atoms with Crippen LogP contribution in [-0.2, 0) is 5.54 Å². The van der Waals surface area contributed by atoms with Gasteiger partial charge in [-0.05, 0) is 31.1 Å². The van der Waals surface area contributed by atoms with E-state index in [-0.39, 0.29) is 5.54 Å². The van der Waals surface area contributed by atoms with Crippen molar-refractivity contribution >= 4 is 0 Å². The number of H-pyrrole nitrogens is 1. The summed E-state index contributed by atoms with van der Waals surface area (Å²) in [4.78, 5) is 7.42. The fourth-order valence-electron chi connectivity index (χ4n) is 2.15. The van der Waals surface area contributed by atoms with Crippen LogP contribution in [0, 0.1) is 5.41 Å². The number of rotatable bonds is 1. The summed E-state index contributed by atoms with van der Waals surface area (Å²) in [5.41, 5.74) is 6.60. The number of hydrogen-bond acceptors (Lipinski definition) is 2. The fourth-order valence-corrected chi connectivity index (χ4v) is 2.15. The zero-order valence-corrected chi connectivity index (χ0v) is 9.01. The highest BCUT2D eigenvalue weighted by molar-refractivity contribution is 5.07. The number of imidazole rings is 1. The first-order chi connectivity index (χ1) is 6.52. The molecule has 0 spiro atoms. The standard InChI is InChI=1S/C11H19N3/c1-10(2)3-5-11(12,6-4-10)9-13-7-8-14-9/h7-8H,3-6,12H2,1-2H3,(H,13,14). The van der Waals surface area contributed by atoms with Crippen molar-refractivity contribution in [3.05, 3.63) is 18.2 Å². The van der Waals surface area contributed by atoms with Crippen LogP contribution in [0.1, 0.15) is 45.4 Å². The highest BCUT2D eigenvalue weighted by Gasteiger charge is 2.38. The second kappa shape index (κ2) is 3.09. The second-order valence-electron chi connectivity index (χ2n) is 5.26. The van der Waals surface area contributed by atoms with Gasteiger partial charge in [-0.1, -0.05) is 13.8 Å². The van der Waals surface area contributed by atoms with E-state index in [2.05, 4.69) is 23.8 Å². The van der Waals surface area contributed by atoms with Gasteiger partial charge in [0.15, 0.2) is 0 Å². The predicted octanol–water partition coefficient (Wildman–Crippen LogP) is 2.16. The molecule has 0 unspecified atom stereocenters. The van der Waals surface area contributed by atoms with Crippen LogP contribution in [0.15, 0.2) is 12.4 Å². The smallest absolute Gasteiger partial charge is 0.126 e. The summed E-state index contributed by atoms with van der Waals surface area (Å²) >= 11 is 0. The first-order valence-corrected chi connectivity index (χ1v) is 5.31. The van der Waals surface area contributed by atoms with Crippen molar-refractivity contribution in [1.82, 2.24) is 9.97 Å². The van der Waals surface area contributed by atoms with E-state index in [1.165, 1.54) is 12.8 Å². The molecule has 3 heteroatoms. The Kier molecular flexibility index (Phi) is 2.14. The minimum Gasteiger partial charge on any atom is -0.347 e. The molecule has 0 saturated heterocycles. The summed E-state index contributed by atoms with van der Waals surface area (Å²) in [5, 5.41) is 0. The molecule has 1 aromatic heterocycles. The molecule has 78 valence electrons. The maximum absolute atomic E-state index is 6.35. The van der Waals surface area contributed by atoms with Gasteiger partial charge >= 0.3 is 0 Å². The van der Waals surface area contributed by atoms with Crippen molar-refractivity contribution in [3.8, 4) is 0 Å². The average molecular weight is 193 g/mol. The lowest BCUT2D eigenvalue weighted by Crippen LogP contribution is -2.43. The summed E-state index contributed by atoms with van der Waals surface area (Å²) in [6.07, 6.45) is 8.07. The normalized spacial score (nSPS) is 24.8. The van der Waals surface area contributed by atoms with Crippen molar-refractivity contribution in [3.63, 3.8) is 0 Å². The minimum atomic E-state index is -0.209. The maximum Gasteiger partial charge on any atom is 0.126 e. The summed E-state index contributed by atoms with van der Waals surface area (Å²) < 4.78 is 0. The van der Waals surface area contributed by atoms with Crippen molar-refractivity contribution in [2.45, 2.75) is 45.1 Å². The maximum atomic E-state index is 6.35. The van der Waals surface area contributed by atoms with Crippen molar-refractivity contribution in [2.75, 3.05) is 0 Å². The molecule has 0 bridgehead atoms. The van der Waals surface area contributed by atoms with Crippen LogP contribution in [0.4, 0.5) is 0 Å². The largest absolute Gasteiger partial charge is 0.347 e. The summed E-state index contributed by atoms with van der Waals surface area (Å²) in [6.45, 7) is 4.63. The Hall–Kier alpha value is -0.830. The molecule has 0 atom stereocenters. The number of hydrogen-bond donors (Lipinski definition) is 2. The highest BCUT2D eigenvalue weighted by atomic mass is 15.0. The van der Waals surface area contributed by atoms with E-state index in [9.17, 15) is 0 Å². The van der Waals surface area contributed by atoms with Crippen LogP contribution >= 0.6 is 0 Å². The molecule has 0 aromatic carbocycles. The molecule has 1 heterocycles. The number of nitrogens with zero attached hydrogens (tertiary/aromatic N) is 1. The van der Waals surface area contributed by atoms with E-state index < -0.39 is 0 Å². The van der Waals surface area contributed by atoms with Gasteiger partial charge in [0.2, 0.25) is 0 Å². The molecule has 14 heavy (non-hydrogen) atoms. The third-order valence-corrected chi connectivity index (χ3v) is 3.47. The number of nitrogens with one attached hydrogen (secondary N) is 1. The highest BCUT2D eigenvalue weighted by Crippen LogP contribution is 2.42. The molecule has 3 N–H and O–H groups in total. The third kappa shape index (κ3) is 1.69. The Balaban J connectivity index is 2.13. The molecule has 3 nitrogen and oxygen atoms in total. The Morgan fingerprint density at radius 1 is 1.29 bits per heavy atom. The Morgan fingerprint density at radius 2 is 1.93 bits per heavy atom. The third-order valence-electron chi connectivity index (χ3n) is 3.47. The van der Waals surface area contributed by atoms with Gasteiger partial charge < -0.3 is 10.7 Å². The molecule has 1 aliphatic carbocycles. The summed E-state index contributed by atoms with van der Waals surface area (Å²) in [5.74, 6) is 0.952. The molecule has 1 aliphatic rings. The predicted molar refractivity (Wildman–Crippen MR) is 56.7 cm³/mol. The second-order valence-corrected chi connectivity index (χ2v) is 5.26. The van der Waals surface area contributed by atoms with Gasteiger partial charge in [-0.3, -0.25) is 0 Å². The Bertz CT molecular complexity index is 290. The molecule has 1 saturated carbocycles. The van der Waals surface area contributed by atoms with Crippen molar-refractivity contribution < 1.29 is 0 Å². The lowest BCUT2D eigenvalue weighted by atomic mass is 9.69. The zero-order valence-electron chi connectivity index (χ0n) is 9.01. The lowest BCUT2D eigenvalue weighted by Gasteiger charge is -2.39. The van der Waals surface area contributed by atoms with E-state index >= 15 is 0 Å². The molecule has 1 fully saturated rings. The quantitative estimate of drug-likeness (QED) is 0.718. The van der Waals surface area contributed by atoms with Gasteiger partial charge in [-0.2, -0.15) is 0 Å². The molecule has 1 aromatic rings. The van der Waals surface area contributed by atoms with E-state index in [0.717, 1.165) is 18.7 Å². The average Bonchev–Trinajstić information content (AvgIpc) is 2.64. The Labute approximate surface area is 85.1 Å². The van der Waals surface area contributed by atoms with Crippen LogP contribution in [-0.4, -0.2) is 9.97 Å². The summed E-state index contributed by atoms with van der Waals surface area (Å²) in [7, 11) is 0. The molecule has 0 radical (unpaired) electrons. The van der Waals surface area contributed by atoms with Gasteiger partial charge in [0.25, 0.3) is 0 Å². The number of nitrogens with two attached hydrogens (primary N) is 1. The minimum absolute atomic E-state index is 0.209. The van der Waals surface area contributed by atoms with Crippen molar-refractivity contribution in [2.24, 2.45) is 11.1 Å². The van der Waals surface area contributed by atoms with Gasteiger partial charge in [-0.25, -0.2) is 4.98 Å². The van der Waals surface area contributed by atoms with Crippen molar-refractivity contribution in [1.29, 1.82) is 0 Å². The molecule has 0 aliphatic heterocycles. The Morgan fingerprint density at radius 3 is 2.43 bits per heavy atom. The van der Waals surface area contributed by atoms with Crippen LogP contribution < -0.4 is 5.73 Å². The van der Waals surface area contributed by atoms with Crippen LogP contribution in [0.3, 0.4) is 0 Å². The van der Waals surface area contributed by atoms with Gasteiger partial charge in [0, 0.05) is 12.4 Å². The molecular weight excluding hydrogens is 174 g/mol. The van der Waals surface area contributed by atoms with Gasteiger partial charge in [0.1, 0.15) is 5.82 Å². The van der Waals surface area contributed by atoms with E-state index in [1.807, 2.05) is 6.20 Å². The molecule has 0 amide bonds. The first-order valence-electron chi connectivity index (χ1n) is 5.31. The topological polar surface area (TPSA) is 54.7 Å². The van der Waals surface area contributed by atoms with E-state index in [1.54, 1.807) is 6.20 Å². The van der Waals surface area contributed by atoms with Gasteiger partial charge in [-0.15, -0.1) is 0 Å². The van der Waals surface area contributed by atoms with Crippen LogP contribution in [0.2, 0.25) is 0 Å². The van der Waals surface area contributed by atoms with E-state index in [0.29, 0.717) is 5.41 Å². The number of aromatic nitrogens is 2. The lowest BCUT2D eigenvalue weighted by molar-refractivity contribution is 0.160. The zero-order chi connectivity index (χ0) is 10.2.